The monoisotopic (exact) mass is 287 g/mol. The number of carboxylic acids is 1. The van der Waals surface area contributed by atoms with Crippen LogP contribution in [0.5, 0.6) is 0 Å². The highest BCUT2D eigenvalue weighted by atomic mass is 19.1. The molecule has 6 heteroatoms. The normalized spacial score (nSPS) is 19.1. The molecule has 0 amide bonds. The maximum Gasteiger partial charge on any atom is 0.332 e. The predicted molar refractivity (Wildman–Crippen MR) is 70.3 cm³/mol. The lowest BCUT2D eigenvalue weighted by Gasteiger charge is -2.11. The minimum Gasteiger partial charge on any atom is -0.479 e. The molecule has 1 aliphatic rings. The minimum atomic E-state index is -1.18. The molecule has 0 bridgehead atoms. The van der Waals surface area contributed by atoms with Gasteiger partial charge in [0.05, 0.1) is 0 Å². The summed E-state index contributed by atoms with van der Waals surface area (Å²) < 4.78 is 26.0. The Kier molecular flexibility index (Phi) is 6.54. The highest BCUT2D eigenvalue weighted by molar-refractivity contribution is 5.71. The molecule has 1 heterocycles. The molecule has 1 fully saturated rings. The van der Waals surface area contributed by atoms with Crippen molar-refractivity contribution >= 4 is 5.97 Å². The van der Waals surface area contributed by atoms with Crippen LogP contribution in [0.25, 0.3) is 0 Å². The fourth-order valence-electron chi connectivity index (χ4n) is 1.91. The van der Waals surface area contributed by atoms with Crippen LogP contribution >= 0.6 is 0 Å². The van der Waals surface area contributed by atoms with Crippen molar-refractivity contribution in [3.05, 3.63) is 35.4 Å². The van der Waals surface area contributed by atoms with E-state index >= 15 is 0 Å². The zero-order valence-corrected chi connectivity index (χ0v) is 11.3. The van der Waals surface area contributed by atoms with Gasteiger partial charge in [0.15, 0.2) is 6.10 Å². The van der Waals surface area contributed by atoms with E-state index in [9.17, 15) is 13.6 Å². The molecule has 0 radical (unpaired) electrons. The third kappa shape index (κ3) is 4.86. The van der Waals surface area contributed by atoms with Crippen molar-refractivity contribution in [3.8, 4) is 0 Å². The van der Waals surface area contributed by atoms with Crippen molar-refractivity contribution in [2.45, 2.75) is 38.3 Å². The molecule has 0 spiro atoms. The van der Waals surface area contributed by atoms with Gasteiger partial charge in [0.1, 0.15) is 11.6 Å². The van der Waals surface area contributed by atoms with E-state index in [4.69, 9.17) is 10.2 Å². The number of hydrogen-bond donors (Lipinski definition) is 3. The quantitative estimate of drug-likeness (QED) is 0.797. The molecule has 1 aromatic rings. The van der Waals surface area contributed by atoms with Crippen LogP contribution < -0.4 is 5.32 Å². The molecular weight excluding hydrogens is 268 g/mol. The average molecular weight is 287 g/mol. The lowest BCUT2D eigenvalue weighted by atomic mass is 10.0. The topological polar surface area (TPSA) is 69.6 Å². The first-order valence-corrected chi connectivity index (χ1v) is 6.55. The third-order valence-electron chi connectivity index (χ3n) is 3.07. The van der Waals surface area contributed by atoms with Gasteiger partial charge in [-0.05, 0) is 44.0 Å². The van der Waals surface area contributed by atoms with Gasteiger partial charge >= 0.3 is 5.97 Å². The highest BCUT2D eigenvalue weighted by Gasteiger charge is 2.19. The standard InChI is InChI=1S/C10H11F2N.C4H8O3/c11-7-3-4-9(12)8(6-7)10-2-1-5-13-10;1-2-3(5)4(6)7/h3-4,6,10,13H,1-2,5H2;3,5H,2H2,1H3,(H,6,7). The van der Waals surface area contributed by atoms with Crippen molar-refractivity contribution in [3.63, 3.8) is 0 Å². The van der Waals surface area contributed by atoms with E-state index in [1.54, 1.807) is 6.92 Å². The molecule has 0 aliphatic carbocycles. The second-order valence-corrected chi connectivity index (χ2v) is 4.58. The summed E-state index contributed by atoms with van der Waals surface area (Å²) in [4.78, 5) is 9.68. The summed E-state index contributed by atoms with van der Waals surface area (Å²) in [5.74, 6) is -1.84. The van der Waals surface area contributed by atoms with Gasteiger partial charge in [0, 0.05) is 11.6 Å². The van der Waals surface area contributed by atoms with E-state index in [1.807, 2.05) is 0 Å². The van der Waals surface area contributed by atoms with E-state index in [1.165, 1.54) is 12.1 Å². The smallest absolute Gasteiger partial charge is 0.332 e. The second kappa shape index (κ2) is 7.91. The van der Waals surface area contributed by atoms with E-state index in [-0.39, 0.29) is 24.1 Å². The van der Waals surface area contributed by atoms with Gasteiger partial charge in [-0.15, -0.1) is 0 Å². The molecule has 2 rings (SSSR count). The van der Waals surface area contributed by atoms with Gasteiger partial charge in [-0.25, -0.2) is 13.6 Å². The number of aliphatic carboxylic acids is 1. The lowest BCUT2D eigenvalue weighted by Crippen LogP contribution is -2.17. The second-order valence-electron chi connectivity index (χ2n) is 4.58. The van der Waals surface area contributed by atoms with Crippen molar-refractivity contribution in [1.82, 2.24) is 5.32 Å². The summed E-state index contributed by atoms with van der Waals surface area (Å²) in [5, 5.41) is 19.4. The molecule has 20 heavy (non-hydrogen) atoms. The molecule has 112 valence electrons. The SMILES string of the molecule is CCC(O)C(=O)O.Fc1ccc(F)c(C2CCCN2)c1. The number of hydrogen-bond acceptors (Lipinski definition) is 3. The van der Waals surface area contributed by atoms with Gasteiger partial charge in [-0.2, -0.15) is 0 Å². The first-order valence-electron chi connectivity index (χ1n) is 6.55. The van der Waals surface area contributed by atoms with Crippen LogP contribution in [0, 0.1) is 11.6 Å². The Hall–Kier alpha value is -1.53. The lowest BCUT2D eigenvalue weighted by molar-refractivity contribution is -0.146. The highest BCUT2D eigenvalue weighted by Crippen LogP contribution is 2.25. The molecule has 2 unspecified atom stereocenters. The first-order chi connectivity index (χ1) is 9.45. The summed E-state index contributed by atoms with van der Waals surface area (Å²) in [6, 6.07) is 3.60. The Balaban J connectivity index is 0.000000246. The van der Waals surface area contributed by atoms with Crippen LogP contribution in [0.1, 0.15) is 37.8 Å². The van der Waals surface area contributed by atoms with E-state index in [0.717, 1.165) is 25.5 Å². The molecule has 2 atom stereocenters. The van der Waals surface area contributed by atoms with Gasteiger partial charge in [0.25, 0.3) is 0 Å². The molecule has 1 saturated heterocycles. The fourth-order valence-corrected chi connectivity index (χ4v) is 1.91. The zero-order chi connectivity index (χ0) is 15.1. The van der Waals surface area contributed by atoms with Crippen LogP contribution in [0.2, 0.25) is 0 Å². The summed E-state index contributed by atoms with van der Waals surface area (Å²) >= 11 is 0. The molecule has 1 aromatic carbocycles. The van der Waals surface area contributed by atoms with Crippen LogP contribution in [0.15, 0.2) is 18.2 Å². The number of benzene rings is 1. The number of halogens is 2. The fraction of sp³-hybridized carbons (Fsp3) is 0.500. The maximum absolute atomic E-state index is 13.2. The Labute approximate surface area is 116 Å². The number of carbonyl (C=O) groups is 1. The van der Waals surface area contributed by atoms with Gasteiger partial charge < -0.3 is 15.5 Å². The Morgan fingerprint density at radius 2 is 2.20 bits per heavy atom. The number of aliphatic hydroxyl groups is 1. The van der Waals surface area contributed by atoms with E-state index in [0.29, 0.717) is 5.56 Å². The summed E-state index contributed by atoms with van der Waals surface area (Å²) in [7, 11) is 0. The van der Waals surface area contributed by atoms with Crippen LogP contribution in [-0.4, -0.2) is 28.8 Å². The number of aliphatic hydroxyl groups excluding tert-OH is 1. The number of rotatable bonds is 3. The largest absolute Gasteiger partial charge is 0.479 e. The molecular formula is C14H19F2NO3. The van der Waals surface area contributed by atoms with Crippen molar-refractivity contribution in [2.75, 3.05) is 6.54 Å². The summed E-state index contributed by atoms with van der Waals surface area (Å²) in [5.41, 5.74) is 0.456. The van der Waals surface area contributed by atoms with Crippen LogP contribution in [-0.2, 0) is 4.79 Å². The van der Waals surface area contributed by atoms with Crippen LogP contribution in [0.4, 0.5) is 8.78 Å². The first kappa shape index (κ1) is 16.5. The molecule has 4 nitrogen and oxygen atoms in total. The Bertz CT molecular complexity index is 448. The van der Waals surface area contributed by atoms with Crippen molar-refractivity contribution in [1.29, 1.82) is 0 Å². The Morgan fingerprint density at radius 3 is 2.65 bits per heavy atom. The molecule has 0 aromatic heterocycles. The Morgan fingerprint density at radius 1 is 1.50 bits per heavy atom. The summed E-state index contributed by atoms with van der Waals surface area (Å²) in [6.07, 6.45) is 1.01. The van der Waals surface area contributed by atoms with E-state index in [2.05, 4.69) is 5.32 Å². The van der Waals surface area contributed by atoms with Gasteiger partial charge in [-0.3, -0.25) is 0 Å². The van der Waals surface area contributed by atoms with Crippen molar-refractivity contribution < 1.29 is 23.8 Å². The summed E-state index contributed by atoms with van der Waals surface area (Å²) in [6.45, 7) is 2.50. The zero-order valence-electron chi connectivity index (χ0n) is 11.3. The van der Waals surface area contributed by atoms with Gasteiger partial charge in [-0.1, -0.05) is 6.92 Å². The van der Waals surface area contributed by atoms with Crippen molar-refractivity contribution in [2.24, 2.45) is 0 Å². The van der Waals surface area contributed by atoms with Crippen LogP contribution in [0.3, 0.4) is 0 Å². The minimum absolute atomic E-state index is 0.00398. The average Bonchev–Trinajstić information content (AvgIpc) is 2.95. The molecule has 1 aliphatic heterocycles. The number of nitrogens with one attached hydrogen (secondary N) is 1. The molecule has 0 saturated carbocycles. The maximum atomic E-state index is 13.2. The molecule has 3 N–H and O–H groups in total. The number of carboxylic acid groups (broad SMARTS) is 1. The predicted octanol–water partition coefficient (Wildman–Crippen LogP) is 2.23. The van der Waals surface area contributed by atoms with E-state index < -0.39 is 12.1 Å². The third-order valence-corrected chi connectivity index (χ3v) is 3.07. The van der Waals surface area contributed by atoms with Gasteiger partial charge in [0.2, 0.25) is 0 Å².